The molecule has 0 spiro atoms. The second-order valence-corrected chi connectivity index (χ2v) is 14.9. The molecule has 2 bridgehead atoms. The van der Waals surface area contributed by atoms with Crippen LogP contribution in [0.5, 0.6) is 0 Å². The van der Waals surface area contributed by atoms with Gasteiger partial charge in [0.05, 0.1) is 11.6 Å². The van der Waals surface area contributed by atoms with Crippen LogP contribution in [-0.2, 0) is 5.41 Å². The minimum atomic E-state index is 0.277. The Morgan fingerprint density at radius 2 is 1.26 bits per heavy atom. The molecule has 4 atom stereocenters. The summed E-state index contributed by atoms with van der Waals surface area (Å²) in [6.07, 6.45) is 6.62. The number of nitriles is 1. The molecule has 244 valence electrons. The van der Waals surface area contributed by atoms with E-state index in [4.69, 9.17) is 19.4 Å². The molecule has 5 heteroatoms. The number of hydrogen-bond donors (Lipinski definition) is 0. The minimum absolute atomic E-state index is 0.277. The van der Waals surface area contributed by atoms with E-state index in [1.807, 2.05) is 42.5 Å². The van der Waals surface area contributed by atoms with E-state index in [2.05, 4.69) is 86.6 Å². The highest BCUT2D eigenvalue weighted by atomic mass is 16.3. The molecule has 2 aliphatic rings. The molecule has 2 heterocycles. The van der Waals surface area contributed by atoms with Crippen LogP contribution in [0.15, 0.2) is 120 Å². The number of benzene rings is 5. The van der Waals surface area contributed by atoms with Crippen LogP contribution in [0.25, 0.3) is 67.2 Å². The van der Waals surface area contributed by atoms with E-state index < -0.39 is 0 Å². The predicted molar refractivity (Wildman–Crippen MR) is 200 cm³/mol. The van der Waals surface area contributed by atoms with Gasteiger partial charge in [-0.2, -0.15) is 5.26 Å². The minimum Gasteiger partial charge on any atom is -0.456 e. The molecule has 7 aromatic rings. The average molecular weight is 651 g/mol. The number of fused-ring (bicyclic) bond motifs is 5. The SMILES string of the molecule is C[C@@H]1CC2C[C@H](C)CC(c3ccc(-c4nc(-c5ccccc5)nc(-c5cccc(-c6cccc7oc8cc(C#N)ccc8c67)c5)n4)cc3)(C2)C1. The van der Waals surface area contributed by atoms with Gasteiger partial charge in [-0.15, -0.1) is 0 Å². The first-order valence-electron chi connectivity index (χ1n) is 17.8. The maximum absolute atomic E-state index is 9.43. The summed E-state index contributed by atoms with van der Waals surface area (Å²) >= 11 is 0. The largest absolute Gasteiger partial charge is 0.456 e. The van der Waals surface area contributed by atoms with E-state index in [9.17, 15) is 5.26 Å². The number of furan rings is 1. The summed E-state index contributed by atoms with van der Waals surface area (Å²) in [6, 6.07) is 41.7. The number of aromatic nitrogens is 3. The summed E-state index contributed by atoms with van der Waals surface area (Å²) in [5.74, 6) is 4.34. The highest BCUT2D eigenvalue weighted by Gasteiger charge is 2.45. The fraction of sp³-hybridized carbons (Fsp3) is 0.244. The van der Waals surface area contributed by atoms with Gasteiger partial charge in [0.1, 0.15) is 11.2 Å². The standard InChI is InChI=1S/C45H38N4O/c1-28-20-31-21-29(2)25-45(24-28,26-31)36-17-15-33(16-18-36)43-47-42(32-8-4-3-5-9-32)48-44(49-43)35-11-6-10-34(23-35)37-12-7-13-39-41(37)38-19-14-30(27-46)22-40(38)50-39/h3-19,22-23,28-29,31H,20-21,24-26H2,1-2H3/t28-,29+,31?,45?. The Hall–Kier alpha value is -5.60. The molecule has 9 rings (SSSR count). The summed E-state index contributed by atoms with van der Waals surface area (Å²) in [7, 11) is 0. The lowest BCUT2D eigenvalue weighted by Crippen LogP contribution is -2.42. The Labute approximate surface area is 292 Å². The molecule has 50 heavy (non-hydrogen) atoms. The van der Waals surface area contributed by atoms with Gasteiger partial charge in [-0.1, -0.05) is 98.8 Å². The lowest BCUT2D eigenvalue weighted by atomic mass is 9.54. The van der Waals surface area contributed by atoms with Gasteiger partial charge in [-0.25, -0.2) is 15.0 Å². The number of hydrogen-bond acceptors (Lipinski definition) is 5. The molecule has 0 N–H and O–H groups in total. The van der Waals surface area contributed by atoms with E-state index >= 15 is 0 Å². The zero-order valence-corrected chi connectivity index (χ0v) is 28.4. The van der Waals surface area contributed by atoms with Crippen molar-refractivity contribution in [3.63, 3.8) is 0 Å². The third-order valence-corrected chi connectivity index (χ3v) is 11.1. The summed E-state index contributed by atoms with van der Waals surface area (Å²) < 4.78 is 6.20. The second-order valence-electron chi connectivity index (χ2n) is 14.9. The van der Waals surface area contributed by atoms with E-state index in [1.54, 1.807) is 6.07 Å². The van der Waals surface area contributed by atoms with Crippen LogP contribution in [0.1, 0.15) is 57.1 Å². The first-order chi connectivity index (χ1) is 24.4. The third-order valence-electron chi connectivity index (χ3n) is 11.1. The predicted octanol–water partition coefficient (Wildman–Crippen LogP) is 11.4. The first-order valence-corrected chi connectivity index (χ1v) is 17.8. The van der Waals surface area contributed by atoms with Gasteiger partial charge in [0.25, 0.3) is 0 Å². The topological polar surface area (TPSA) is 75.6 Å². The van der Waals surface area contributed by atoms with Gasteiger partial charge in [0, 0.05) is 27.5 Å². The van der Waals surface area contributed by atoms with Crippen molar-refractivity contribution in [2.24, 2.45) is 17.8 Å². The molecule has 2 unspecified atom stereocenters. The molecule has 0 saturated heterocycles. The molecule has 0 radical (unpaired) electrons. The Kier molecular flexibility index (Phi) is 7.35. The monoisotopic (exact) mass is 650 g/mol. The third kappa shape index (κ3) is 5.36. The molecule has 2 fully saturated rings. The Bertz CT molecular complexity index is 2400. The van der Waals surface area contributed by atoms with Gasteiger partial charge in [0.15, 0.2) is 17.5 Å². The first kappa shape index (κ1) is 30.5. The van der Waals surface area contributed by atoms with Gasteiger partial charge in [-0.05, 0) is 102 Å². The van der Waals surface area contributed by atoms with Crippen LogP contribution < -0.4 is 0 Å². The van der Waals surface area contributed by atoms with Crippen molar-refractivity contribution in [1.82, 2.24) is 15.0 Å². The van der Waals surface area contributed by atoms with Crippen molar-refractivity contribution >= 4 is 21.9 Å². The molecule has 0 aliphatic heterocycles. The van der Waals surface area contributed by atoms with Crippen molar-refractivity contribution in [3.8, 4) is 51.4 Å². The quantitative estimate of drug-likeness (QED) is 0.185. The van der Waals surface area contributed by atoms with Crippen LogP contribution in [0.4, 0.5) is 0 Å². The summed E-state index contributed by atoms with van der Waals surface area (Å²) in [6.45, 7) is 4.89. The van der Waals surface area contributed by atoms with Crippen LogP contribution in [0.3, 0.4) is 0 Å². The van der Waals surface area contributed by atoms with Crippen molar-refractivity contribution in [2.75, 3.05) is 0 Å². The fourth-order valence-electron chi connectivity index (χ4n) is 9.34. The molecule has 2 aliphatic carbocycles. The maximum Gasteiger partial charge on any atom is 0.164 e. The molecule has 5 aromatic carbocycles. The average Bonchev–Trinajstić information content (AvgIpc) is 3.52. The van der Waals surface area contributed by atoms with Gasteiger partial charge >= 0.3 is 0 Å². The van der Waals surface area contributed by atoms with E-state index in [0.717, 1.165) is 61.9 Å². The number of rotatable bonds is 5. The van der Waals surface area contributed by atoms with Crippen LogP contribution in [-0.4, -0.2) is 15.0 Å². The van der Waals surface area contributed by atoms with Crippen molar-refractivity contribution < 1.29 is 4.42 Å². The van der Waals surface area contributed by atoms with Crippen LogP contribution in [0.2, 0.25) is 0 Å². The highest BCUT2D eigenvalue weighted by molar-refractivity contribution is 6.12. The molecule has 5 nitrogen and oxygen atoms in total. The van der Waals surface area contributed by atoms with Gasteiger partial charge in [0.2, 0.25) is 0 Å². The summed E-state index contributed by atoms with van der Waals surface area (Å²) in [5, 5.41) is 11.4. The molecule has 2 saturated carbocycles. The Balaban J connectivity index is 1.13. The Morgan fingerprint density at radius 3 is 1.98 bits per heavy atom. The van der Waals surface area contributed by atoms with Crippen molar-refractivity contribution in [3.05, 3.63) is 126 Å². The molecule has 2 aromatic heterocycles. The highest BCUT2D eigenvalue weighted by Crippen LogP contribution is 2.54. The van der Waals surface area contributed by atoms with E-state index in [0.29, 0.717) is 28.6 Å². The lowest BCUT2D eigenvalue weighted by molar-refractivity contribution is 0.0780. The van der Waals surface area contributed by atoms with Crippen molar-refractivity contribution in [2.45, 2.75) is 51.4 Å². The summed E-state index contributed by atoms with van der Waals surface area (Å²) in [4.78, 5) is 15.2. The van der Waals surface area contributed by atoms with Crippen LogP contribution in [0, 0.1) is 29.1 Å². The molecular formula is C45H38N4O. The van der Waals surface area contributed by atoms with Crippen molar-refractivity contribution in [1.29, 1.82) is 5.26 Å². The zero-order chi connectivity index (χ0) is 33.8. The number of nitrogens with zero attached hydrogens (tertiary/aromatic N) is 4. The van der Waals surface area contributed by atoms with E-state index in [-0.39, 0.29) is 5.41 Å². The maximum atomic E-state index is 9.43. The summed E-state index contributed by atoms with van der Waals surface area (Å²) in [5.41, 5.74) is 8.77. The molecule has 0 amide bonds. The van der Waals surface area contributed by atoms with Gasteiger partial charge in [-0.3, -0.25) is 0 Å². The molecular weight excluding hydrogens is 613 g/mol. The zero-order valence-electron chi connectivity index (χ0n) is 28.4. The van der Waals surface area contributed by atoms with Crippen LogP contribution >= 0.6 is 0 Å². The van der Waals surface area contributed by atoms with Gasteiger partial charge < -0.3 is 4.42 Å². The normalized spacial score (nSPS) is 21.7. The lowest BCUT2D eigenvalue weighted by Gasteiger charge is -2.50. The second kappa shape index (κ2) is 12.1. The smallest absolute Gasteiger partial charge is 0.164 e. The Morgan fingerprint density at radius 1 is 0.620 bits per heavy atom. The fourth-order valence-corrected chi connectivity index (χ4v) is 9.34. The van der Waals surface area contributed by atoms with E-state index in [1.165, 1.54) is 37.7 Å².